The van der Waals surface area contributed by atoms with Crippen LogP contribution in [0.4, 0.5) is 4.39 Å². The van der Waals surface area contributed by atoms with E-state index < -0.39 is 0 Å². The number of benzene rings is 1. The quantitative estimate of drug-likeness (QED) is 0.839. The van der Waals surface area contributed by atoms with Crippen LogP contribution in [0.2, 0.25) is 0 Å². The molecule has 0 amide bonds. The zero-order chi connectivity index (χ0) is 13.9. The van der Waals surface area contributed by atoms with Crippen molar-refractivity contribution in [2.24, 2.45) is 0 Å². The first-order chi connectivity index (χ1) is 9.70. The van der Waals surface area contributed by atoms with Crippen LogP contribution in [0.1, 0.15) is 24.2 Å². The van der Waals surface area contributed by atoms with Gasteiger partial charge in [-0.1, -0.05) is 5.16 Å². The first kappa shape index (κ1) is 13.5. The van der Waals surface area contributed by atoms with Crippen molar-refractivity contribution in [1.29, 1.82) is 0 Å². The predicted octanol–water partition coefficient (Wildman–Crippen LogP) is 1.90. The minimum atomic E-state index is -0.357. The van der Waals surface area contributed by atoms with Crippen LogP contribution in [0.15, 0.2) is 33.7 Å². The summed E-state index contributed by atoms with van der Waals surface area (Å²) in [5.41, 5.74) is 0. The molecule has 0 unspecified atom stereocenters. The number of hydrogen-bond donors (Lipinski definition) is 2. The molecule has 5 nitrogen and oxygen atoms in total. The van der Waals surface area contributed by atoms with E-state index in [0.717, 1.165) is 4.90 Å². The Bertz CT molecular complexity index is 575. The van der Waals surface area contributed by atoms with E-state index in [9.17, 15) is 9.50 Å². The fourth-order valence-corrected chi connectivity index (χ4v) is 2.79. The van der Waals surface area contributed by atoms with E-state index >= 15 is 0 Å². The molecule has 0 radical (unpaired) electrons. The van der Waals surface area contributed by atoms with Gasteiger partial charge in [-0.2, -0.15) is 4.98 Å². The van der Waals surface area contributed by atoms with E-state index in [4.69, 9.17) is 4.52 Å². The van der Waals surface area contributed by atoms with Crippen molar-refractivity contribution in [2.45, 2.75) is 29.2 Å². The van der Waals surface area contributed by atoms with Crippen LogP contribution < -0.4 is 5.32 Å². The van der Waals surface area contributed by atoms with E-state index in [2.05, 4.69) is 15.5 Å². The highest BCUT2D eigenvalue weighted by atomic mass is 32.2. The summed E-state index contributed by atoms with van der Waals surface area (Å²) >= 11 is 1.52. The van der Waals surface area contributed by atoms with Gasteiger partial charge in [-0.3, -0.25) is 0 Å². The molecule has 20 heavy (non-hydrogen) atoms. The Morgan fingerprint density at radius 1 is 1.40 bits per heavy atom. The number of β-amino-alcohol motifs (C(OH)–C–C–N with tert-alkyl or cyclic N) is 1. The number of nitrogens with one attached hydrogen (secondary N) is 1. The first-order valence-corrected chi connectivity index (χ1v) is 7.31. The largest absolute Gasteiger partial charge is 0.392 e. The molecule has 1 aromatic carbocycles. The van der Waals surface area contributed by atoms with Gasteiger partial charge < -0.3 is 14.9 Å². The van der Waals surface area contributed by atoms with Crippen LogP contribution >= 0.6 is 11.8 Å². The smallest absolute Gasteiger partial charge is 0.243 e. The number of aliphatic hydroxyl groups excluding tert-OH is 1. The maximum Gasteiger partial charge on any atom is 0.243 e. The third kappa shape index (κ3) is 3.17. The molecule has 0 aliphatic carbocycles. The third-order valence-electron chi connectivity index (χ3n) is 3.07. The molecular formula is C13H14FN3O2S. The van der Waals surface area contributed by atoms with Crippen LogP contribution in [0.5, 0.6) is 0 Å². The molecule has 1 aliphatic rings. The zero-order valence-corrected chi connectivity index (χ0v) is 11.4. The molecule has 1 saturated heterocycles. The van der Waals surface area contributed by atoms with Gasteiger partial charge in [0, 0.05) is 11.4 Å². The summed E-state index contributed by atoms with van der Waals surface area (Å²) in [7, 11) is 0. The standard InChI is InChI=1S/C13H14FN3O2S/c14-8-1-3-10(4-2-8)20-7-12-16-13(19-17-12)11-5-9(18)6-15-11/h1-4,9,11,15,18H,5-7H2/t9-,11-/m1/s1. The Morgan fingerprint density at radius 2 is 2.20 bits per heavy atom. The van der Waals surface area contributed by atoms with Crippen LogP contribution in [0.25, 0.3) is 0 Å². The summed E-state index contributed by atoms with van der Waals surface area (Å²) in [5, 5.41) is 16.5. The third-order valence-corrected chi connectivity index (χ3v) is 4.08. The highest BCUT2D eigenvalue weighted by molar-refractivity contribution is 7.98. The van der Waals surface area contributed by atoms with E-state index in [1.807, 2.05) is 0 Å². The van der Waals surface area contributed by atoms with Crippen molar-refractivity contribution in [3.8, 4) is 0 Å². The van der Waals surface area contributed by atoms with Gasteiger partial charge in [-0.15, -0.1) is 11.8 Å². The van der Waals surface area contributed by atoms with Crippen LogP contribution in [0.3, 0.4) is 0 Å². The maximum atomic E-state index is 12.8. The van der Waals surface area contributed by atoms with Gasteiger partial charge in [0.25, 0.3) is 0 Å². The van der Waals surface area contributed by atoms with E-state index in [0.29, 0.717) is 30.4 Å². The van der Waals surface area contributed by atoms with Gasteiger partial charge in [0.2, 0.25) is 5.89 Å². The fraction of sp³-hybridized carbons (Fsp3) is 0.385. The molecule has 0 saturated carbocycles. The molecule has 1 fully saturated rings. The van der Waals surface area contributed by atoms with Gasteiger partial charge in [-0.05, 0) is 30.7 Å². The second-order valence-electron chi connectivity index (χ2n) is 4.64. The maximum absolute atomic E-state index is 12.8. The first-order valence-electron chi connectivity index (χ1n) is 6.33. The van der Waals surface area contributed by atoms with Gasteiger partial charge in [-0.25, -0.2) is 4.39 Å². The SMILES string of the molecule is O[C@H]1CN[C@@H](c2nc(CSc3ccc(F)cc3)no2)C1. The average Bonchev–Trinajstić information content (AvgIpc) is 3.07. The van der Waals surface area contributed by atoms with E-state index in [1.165, 1.54) is 23.9 Å². The lowest BCUT2D eigenvalue weighted by molar-refractivity contribution is 0.191. The Balaban J connectivity index is 1.58. The molecule has 106 valence electrons. The highest BCUT2D eigenvalue weighted by Crippen LogP contribution is 2.25. The fourth-order valence-electron chi connectivity index (χ4n) is 2.05. The molecule has 2 heterocycles. The van der Waals surface area contributed by atoms with Crippen molar-refractivity contribution >= 4 is 11.8 Å². The van der Waals surface area contributed by atoms with Crippen molar-refractivity contribution in [2.75, 3.05) is 6.54 Å². The molecule has 1 aliphatic heterocycles. The van der Waals surface area contributed by atoms with Gasteiger partial charge in [0.1, 0.15) is 5.82 Å². The van der Waals surface area contributed by atoms with Gasteiger partial charge >= 0.3 is 0 Å². The van der Waals surface area contributed by atoms with Crippen molar-refractivity contribution < 1.29 is 14.0 Å². The number of halogens is 1. The Morgan fingerprint density at radius 3 is 2.90 bits per heavy atom. The Hall–Kier alpha value is -1.44. The van der Waals surface area contributed by atoms with Crippen molar-refractivity contribution in [1.82, 2.24) is 15.5 Å². The summed E-state index contributed by atoms with van der Waals surface area (Å²) in [4.78, 5) is 5.26. The summed E-state index contributed by atoms with van der Waals surface area (Å²) < 4.78 is 18.0. The molecule has 2 aromatic rings. The summed E-state index contributed by atoms with van der Waals surface area (Å²) in [6.45, 7) is 0.548. The van der Waals surface area contributed by atoms with Crippen LogP contribution in [0, 0.1) is 5.82 Å². The number of aromatic nitrogens is 2. The summed E-state index contributed by atoms with van der Waals surface area (Å²) in [6, 6.07) is 6.22. The van der Waals surface area contributed by atoms with Gasteiger partial charge in [0.15, 0.2) is 5.82 Å². The van der Waals surface area contributed by atoms with Crippen LogP contribution in [-0.4, -0.2) is 27.9 Å². The number of hydrogen-bond acceptors (Lipinski definition) is 6. The average molecular weight is 295 g/mol. The summed E-state index contributed by atoms with van der Waals surface area (Å²) in [6.07, 6.45) is 0.233. The lowest BCUT2D eigenvalue weighted by atomic mass is 10.2. The zero-order valence-electron chi connectivity index (χ0n) is 10.6. The second kappa shape index (κ2) is 5.90. The van der Waals surface area contributed by atoms with E-state index in [-0.39, 0.29) is 18.0 Å². The highest BCUT2D eigenvalue weighted by Gasteiger charge is 2.27. The number of aliphatic hydroxyl groups is 1. The van der Waals surface area contributed by atoms with Crippen LogP contribution in [-0.2, 0) is 5.75 Å². The monoisotopic (exact) mass is 295 g/mol. The van der Waals surface area contributed by atoms with Crippen molar-refractivity contribution in [3.05, 3.63) is 41.8 Å². The molecule has 1 aromatic heterocycles. The lowest BCUT2D eigenvalue weighted by Gasteiger charge is -2.01. The summed E-state index contributed by atoms with van der Waals surface area (Å²) in [5.74, 6) is 1.42. The Kier molecular flexibility index (Phi) is 4.00. The molecule has 0 spiro atoms. The molecular weight excluding hydrogens is 281 g/mol. The molecule has 2 atom stereocenters. The predicted molar refractivity (Wildman–Crippen MR) is 71.6 cm³/mol. The Labute approximate surface area is 119 Å². The van der Waals surface area contributed by atoms with E-state index in [1.54, 1.807) is 12.1 Å². The molecule has 7 heteroatoms. The minimum absolute atomic E-state index is 0.0675. The molecule has 0 bridgehead atoms. The number of rotatable bonds is 4. The molecule has 2 N–H and O–H groups in total. The second-order valence-corrected chi connectivity index (χ2v) is 5.69. The minimum Gasteiger partial charge on any atom is -0.392 e. The normalized spacial score (nSPS) is 22.3. The van der Waals surface area contributed by atoms with Gasteiger partial charge in [0.05, 0.1) is 17.9 Å². The van der Waals surface area contributed by atoms with Crippen molar-refractivity contribution in [3.63, 3.8) is 0 Å². The number of thioether (sulfide) groups is 1. The number of nitrogens with zero attached hydrogens (tertiary/aromatic N) is 2. The lowest BCUT2D eigenvalue weighted by Crippen LogP contribution is -2.15. The topological polar surface area (TPSA) is 71.2 Å². The molecule has 3 rings (SSSR count).